The van der Waals surface area contributed by atoms with Gasteiger partial charge in [-0.15, -0.1) is 0 Å². The van der Waals surface area contributed by atoms with E-state index < -0.39 is 5.60 Å². The Balaban J connectivity index is 1.82. The minimum atomic E-state index is -0.438. The topological polar surface area (TPSA) is 32.8 Å². The first kappa shape index (κ1) is 18.3. The zero-order chi connectivity index (χ0) is 17.0. The molecule has 0 N–H and O–H groups in total. The number of amides is 1. The van der Waals surface area contributed by atoms with Crippen molar-refractivity contribution in [3.8, 4) is 0 Å². The van der Waals surface area contributed by atoms with Gasteiger partial charge in [-0.05, 0) is 51.3 Å². The Bertz CT molecular complexity index is 534. The van der Waals surface area contributed by atoms with Crippen LogP contribution in [-0.4, -0.2) is 47.7 Å². The third-order valence-electron chi connectivity index (χ3n) is 4.08. The number of carbonyl (C=O) groups is 1. The average molecular weight is 383 g/mol. The maximum atomic E-state index is 12.2. The third-order valence-corrected chi connectivity index (χ3v) is 4.57. The van der Waals surface area contributed by atoms with Crippen molar-refractivity contribution in [2.45, 2.75) is 51.8 Å². The van der Waals surface area contributed by atoms with E-state index in [1.54, 1.807) is 4.90 Å². The van der Waals surface area contributed by atoms with Crippen LogP contribution >= 0.6 is 15.9 Å². The van der Waals surface area contributed by atoms with Crippen molar-refractivity contribution in [1.29, 1.82) is 0 Å². The Kier molecular flexibility index (Phi) is 6.09. The lowest BCUT2D eigenvalue weighted by molar-refractivity contribution is 0.0149. The lowest BCUT2D eigenvalue weighted by Crippen LogP contribution is -2.46. The summed E-state index contributed by atoms with van der Waals surface area (Å²) in [4.78, 5) is 16.4. The molecule has 1 heterocycles. The number of nitrogens with zero attached hydrogens (tertiary/aromatic N) is 2. The molecule has 1 aliphatic rings. The second kappa shape index (κ2) is 7.67. The Hall–Kier alpha value is -1.07. The van der Waals surface area contributed by atoms with E-state index in [1.165, 1.54) is 5.56 Å². The number of benzene rings is 1. The van der Waals surface area contributed by atoms with Crippen LogP contribution in [0, 0.1) is 0 Å². The van der Waals surface area contributed by atoms with Gasteiger partial charge in [0, 0.05) is 37.2 Å². The Morgan fingerprint density at radius 3 is 2.57 bits per heavy atom. The van der Waals surface area contributed by atoms with Gasteiger partial charge >= 0.3 is 6.09 Å². The van der Waals surface area contributed by atoms with E-state index in [0.29, 0.717) is 0 Å². The maximum absolute atomic E-state index is 12.2. The van der Waals surface area contributed by atoms with Crippen LogP contribution in [0.3, 0.4) is 0 Å². The minimum absolute atomic E-state index is 0.220. The van der Waals surface area contributed by atoms with E-state index in [1.807, 2.05) is 33.9 Å². The van der Waals surface area contributed by atoms with Gasteiger partial charge in [-0.1, -0.05) is 28.1 Å². The first-order chi connectivity index (χ1) is 10.7. The number of ether oxygens (including phenoxy) is 1. The summed E-state index contributed by atoms with van der Waals surface area (Å²) in [5, 5.41) is 0. The van der Waals surface area contributed by atoms with E-state index in [-0.39, 0.29) is 12.1 Å². The minimum Gasteiger partial charge on any atom is -0.444 e. The van der Waals surface area contributed by atoms with Crippen LogP contribution in [0.1, 0.15) is 39.2 Å². The molecule has 1 amide bonds. The van der Waals surface area contributed by atoms with Crippen molar-refractivity contribution in [2.24, 2.45) is 0 Å². The zero-order valence-corrected chi connectivity index (χ0v) is 16.1. The molecule has 0 spiro atoms. The van der Waals surface area contributed by atoms with E-state index in [4.69, 9.17) is 4.74 Å². The molecule has 1 fully saturated rings. The molecule has 0 saturated carbocycles. The summed E-state index contributed by atoms with van der Waals surface area (Å²) in [5.74, 6) is 0. The van der Waals surface area contributed by atoms with Crippen LogP contribution in [0.2, 0.25) is 0 Å². The summed E-state index contributed by atoms with van der Waals surface area (Å²) in [6.07, 6.45) is 1.76. The first-order valence-corrected chi connectivity index (χ1v) is 8.96. The second-order valence-corrected chi connectivity index (χ2v) is 8.14. The molecule has 0 atom stereocenters. The lowest BCUT2D eigenvalue weighted by atomic mass is 10.0. The smallest absolute Gasteiger partial charge is 0.410 e. The highest BCUT2D eigenvalue weighted by atomic mass is 79.9. The molecule has 0 aromatic heterocycles. The Morgan fingerprint density at radius 1 is 1.35 bits per heavy atom. The highest BCUT2D eigenvalue weighted by Crippen LogP contribution is 2.20. The molecule has 1 aromatic rings. The van der Waals surface area contributed by atoms with Crippen molar-refractivity contribution in [3.63, 3.8) is 0 Å². The molecule has 1 aliphatic heterocycles. The summed E-state index contributed by atoms with van der Waals surface area (Å²) in [7, 11) is 1.85. The van der Waals surface area contributed by atoms with E-state index in [2.05, 4.69) is 39.0 Å². The van der Waals surface area contributed by atoms with Crippen molar-refractivity contribution >= 4 is 22.0 Å². The van der Waals surface area contributed by atoms with Crippen LogP contribution in [-0.2, 0) is 11.3 Å². The number of halogens is 1. The SMILES string of the molecule is CN(C(=O)OC(C)(C)C)C1CCN(Cc2cccc(Br)c2)CC1. The van der Waals surface area contributed by atoms with Gasteiger partial charge in [0.25, 0.3) is 0 Å². The van der Waals surface area contributed by atoms with Crippen LogP contribution in [0.5, 0.6) is 0 Å². The number of likely N-dealkylation sites (tertiary alicyclic amines) is 1. The van der Waals surface area contributed by atoms with Gasteiger partial charge in [0.2, 0.25) is 0 Å². The molecule has 1 aromatic carbocycles. The highest BCUT2D eigenvalue weighted by molar-refractivity contribution is 9.10. The molecule has 128 valence electrons. The molecule has 0 radical (unpaired) electrons. The predicted octanol–water partition coefficient (Wildman–Crippen LogP) is 4.28. The van der Waals surface area contributed by atoms with Gasteiger partial charge in [0.1, 0.15) is 5.60 Å². The zero-order valence-electron chi connectivity index (χ0n) is 14.5. The third kappa shape index (κ3) is 5.81. The van der Waals surface area contributed by atoms with E-state index in [9.17, 15) is 4.79 Å². The van der Waals surface area contributed by atoms with Crippen LogP contribution < -0.4 is 0 Å². The Morgan fingerprint density at radius 2 is 2.00 bits per heavy atom. The fourth-order valence-electron chi connectivity index (χ4n) is 2.84. The van der Waals surface area contributed by atoms with Gasteiger partial charge in [-0.3, -0.25) is 4.90 Å². The summed E-state index contributed by atoms with van der Waals surface area (Å²) >= 11 is 3.52. The molecule has 1 saturated heterocycles. The van der Waals surface area contributed by atoms with Crippen LogP contribution in [0.25, 0.3) is 0 Å². The number of piperidine rings is 1. The quantitative estimate of drug-likeness (QED) is 0.781. The van der Waals surface area contributed by atoms with Gasteiger partial charge in [-0.25, -0.2) is 4.79 Å². The fraction of sp³-hybridized carbons (Fsp3) is 0.611. The molecule has 0 aliphatic carbocycles. The predicted molar refractivity (Wildman–Crippen MR) is 96.4 cm³/mol. The molecule has 0 bridgehead atoms. The summed E-state index contributed by atoms with van der Waals surface area (Å²) in [6.45, 7) is 8.68. The Labute approximate surface area is 147 Å². The summed E-state index contributed by atoms with van der Waals surface area (Å²) < 4.78 is 6.58. The summed E-state index contributed by atoms with van der Waals surface area (Å²) in [5.41, 5.74) is 0.880. The van der Waals surface area contributed by atoms with Gasteiger partial charge < -0.3 is 9.64 Å². The van der Waals surface area contributed by atoms with Gasteiger partial charge in [-0.2, -0.15) is 0 Å². The van der Waals surface area contributed by atoms with Crippen molar-refractivity contribution in [1.82, 2.24) is 9.80 Å². The number of hydrogen-bond donors (Lipinski definition) is 0. The van der Waals surface area contributed by atoms with Crippen LogP contribution in [0.4, 0.5) is 4.79 Å². The van der Waals surface area contributed by atoms with Crippen molar-refractivity contribution in [2.75, 3.05) is 20.1 Å². The second-order valence-electron chi connectivity index (χ2n) is 7.23. The molecule has 0 unspecified atom stereocenters. The van der Waals surface area contributed by atoms with Gasteiger partial charge in [0.15, 0.2) is 0 Å². The molecule has 23 heavy (non-hydrogen) atoms. The number of hydrogen-bond acceptors (Lipinski definition) is 3. The normalized spacial score (nSPS) is 17.1. The van der Waals surface area contributed by atoms with Crippen molar-refractivity contribution in [3.05, 3.63) is 34.3 Å². The summed E-state index contributed by atoms with van der Waals surface area (Å²) in [6, 6.07) is 8.71. The fourth-order valence-corrected chi connectivity index (χ4v) is 3.29. The molecule has 4 nitrogen and oxygen atoms in total. The van der Waals surface area contributed by atoms with Gasteiger partial charge in [0.05, 0.1) is 0 Å². The highest BCUT2D eigenvalue weighted by Gasteiger charge is 2.28. The molecule has 2 rings (SSSR count). The van der Waals surface area contributed by atoms with E-state index in [0.717, 1.165) is 36.9 Å². The molecular formula is C18H27BrN2O2. The standard InChI is InChI=1S/C18H27BrN2O2/c1-18(2,3)23-17(22)20(4)16-8-10-21(11-9-16)13-14-6-5-7-15(19)12-14/h5-7,12,16H,8-11,13H2,1-4H3. The van der Waals surface area contributed by atoms with Crippen molar-refractivity contribution < 1.29 is 9.53 Å². The monoisotopic (exact) mass is 382 g/mol. The number of carbonyl (C=O) groups excluding carboxylic acids is 1. The maximum Gasteiger partial charge on any atom is 0.410 e. The molecule has 5 heteroatoms. The molecular weight excluding hydrogens is 356 g/mol. The first-order valence-electron chi connectivity index (χ1n) is 8.17. The largest absolute Gasteiger partial charge is 0.444 e. The average Bonchev–Trinajstić information content (AvgIpc) is 2.45. The lowest BCUT2D eigenvalue weighted by Gasteiger charge is -2.37. The van der Waals surface area contributed by atoms with E-state index >= 15 is 0 Å². The van der Waals surface area contributed by atoms with Crippen LogP contribution in [0.15, 0.2) is 28.7 Å². The number of rotatable bonds is 3.